The second-order valence-electron chi connectivity index (χ2n) is 4.13. The highest BCUT2D eigenvalue weighted by molar-refractivity contribution is 5.85. The Hall–Kier alpha value is -1.34. The maximum atomic E-state index is 12.9. The minimum Gasteiger partial charge on any atom is -0.359 e. The molecule has 1 aliphatic heterocycles. The number of carbonyl (C=O) groups excluding carboxylic acids is 2. The van der Waals surface area contributed by atoms with Crippen LogP contribution in [0.4, 0.5) is 17.6 Å². The summed E-state index contributed by atoms with van der Waals surface area (Å²) in [6.07, 6.45) is -3.25. The van der Waals surface area contributed by atoms with E-state index >= 15 is 0 Å². The second kappa shape index (κ2) is 5.53. The van der Waals surface area contributed by atoms with Gasteiger partial charge >= 0.3 is 12.3 Å². The van der Waals surface area contributed by atoms with Crippen LogP contribution in [0.3, 0.4) is 0 Å². The van der Waals surface area contributed by atoms with E-state index in [9.17, 15) is 27.2 Å². The lowest BCUT2D eigenvalue weighted by molar-refractivity contribution is -0.182. The largest absolute Gasteiger partial charge is 0.383 e. The summed E-state index contributed by atoms with van der Waals surface area (Å²) in [5.74, 6) is -7.61. The maximum absolute atomic E-state index is 12.9. The molecule has 18 heavy (non-hydrogen) atoms. The van der Waals surface area contributed by atoms with Crippen molar-refractivity contribution >= 4 is 11.8 Å². The van der Waals surface area contributed by atoms with Crippen molar-refractivity contribution < 1.29 is 27.2 Å². The van der Waals surface area contributed by atoms with Crippen molar-refractivity contribution in [2.75, 3.05) is 20.1 Å². The van der Waals surface area contributed by atoms with Crippen LogP contribution in [0.1, 0.15) is 12.8 Å². The van der Waals surface area contributed by atoms with Crippen molar-refractivity contribution in [3.63, 3.8) is 0 Å². The van der Waals surface area contributed by atoms with Gasteiger partial charge in [0, 0.05) is 20.1 Å². The number of halogens is 4. The summed E-state index contributed by atoms with van der Waals surface area (Å²) in [6, 6.07) is 0. The highest BCUT2D eigenvalue weighted by Gasteiger charge is 2.51. The van der Waals surface area contributed by atoms with Gasteiger partial charge in [-0.3, -0.25) is 9.59 Å². The molecule has 0 bridgehead atoms. The normalized spacial score (nSPS) is 21.0. The Labute approximate surface area is 101 Å². The van der Waals surface area contributed by atoms with Crippen LogP contribution in [0.25, 0.3) is 0 Å². The van der Waals surface area contributed by atoms with Crippen LogP contribution in [-0.2, 0) is 9.59 Å². The number of piperidine rings is 1. The minimum absolute atomic E-state index is 0.0331. The van der Waals surface area contributed by atoms with Crippen LogP contribution in [0, 0.1) is 5.92 Å². The Bertz CT molecular complexity index is 336. The molecule has 0 spiro atoms. The fourth-order valence-corrected chi connectivity index (χ4v) is 1.88. The Kier molecular flexibility index (Phi) is 4.53. The van der Waals surface area contributed by atoms with E-state index in [4.69, 9.17) is 0 Å². The van der Waals surface area contributed by atoms with Gasteiger partial charge in [-0.15, -0.1) is 0 Å². The fourth-order valence-electron chi connectivity index (χ4n) is 1.88. The molecule has 1 saturated heterocycles. The van der Waals surface area contributed by atoms with Crippen molar-refractivity contribution in [2.24, 2.45) is 5.92 Å². The monoisotopic (exact) mass is 270 g/mol. The van der Waals surface area contributed by atoms with Crippen molar-refractivity contribution in [1.82, 2.24) is 10.2 Å². The third-order valence-corrected chi connectivity index (χ3v) is 2.89. The Morgan fingerprint density at radius 2 is 2.00 bits per heavy atom. The molecule has 1 aliphatic rings. The van der Waals surface area contributed by atoms with Crippen LogP contribution in [0.15, 0.2) is 0 Å². The highest BCUT2D eigenvalue weighted by atomic mass is 19.3. The molecular formula is C10H14F4N2O2. The topological polar surface area (TPSA) is 49.4 Å². The van der Waals surface area contributed by atoms with E-state index in [2.05, 4.69) is 5.32 Å². The summed E-state index contributed by atoms with van der Waals surface area (Å²) in [6.45, 7) is -0.282. The number of nitrogens with one attached hydrogen (secondary N) is 1. The van der Waals surface area contributed by atoms with Crippen LogP contribution < -0.4 is 5.32 Å². The number of nitrogens with zero attached hydrogens (tertiary/aromatic N) is 1. The average Bonchev–Trinajstić information content (AvgIpc) is 2.36. The highest BCUT2D eigenvalue weighted by Crippen LogP contribution is 2.28. The molecule has 1 unspecified atom stereocenters. The Morgan fingerprint density at radius 1 is 1.39 bits per heavy atom. The summed E-state index contributed by atoms with van der Waals surface area (Å²) < 4.78 is 49.9. The number of alkyl halides is 4. The smallest absolute Gasteiger partial charge is 0.359 e. The van der Waals surface area contributed by atoms with Gasteiger partial charge in [-0.25, -0.2) is 8.78 Å². The van der Waals surface area contributed by atoms with Gasteiger partial charge in [-0.1, -0.05) is 0 Å². The molecule has 1 atom stereocenters. The van der Waals surface area contributed by atoms with E-state index in [0.717, 1.165) is 0 Å². The van der Waals surface area contributed by atoms with E-state index in [0.29, 0.717) is 17.7 Å². The molecule has 1 fully saturated rings. The molecule has 0 radical (unpaired) electrons. The molecule has 0 aromatic carbocycles. The molecule has 2 amide bonds. The zero-order valence-corrected chi connectivity index (χ0v) is 9.76. The molecule has 1 rings (SSSR count). The summed E-state index contributed by atoms with van der Waals surface area (Å²) in [7, 11) is 1.39. The lowest BCUT2D eigenvalue weighted by atomic mass is 9.96. The van der Waals surface area contributed by atoms with Gasteiger partial charge < -0.3 is 10.2 Å². The maximum Gasteiger partial charge on any atom is 0.383 e. The van der Waals surface area contributed by atoms with Crippen molar-refractivity contribution in [1.29, 1.82) is 0 Å². The second-order valence-corrected chi connectivity index (χ2v) is 4.13. The summed E-state index contributed by atoms with van der Waals surface area (Å²) >= 11 is 0. The van der Waals surface area contributed by atoms with Gasteiger partial charge in [-0.2, -0.15) is 8.78 Å². The summed E-state index contributed by atoms with van der Waals surface area (Å²) in [5.41, 5.74) is 0. The molecule has 0 aliphatic carbocycles. The zero-order valence-electron chi connectivity index (χ0n) is 9.76. The number of likely N-dealkylation sites (tertiary alicyclic amines) is 1. The fraction of sp³-hybridized carbons (Fsp3) is 0.800. The average molecular weight is 270 g/mol. The third-order valence-electron chi connectivity index (χ3n) is 2.89. The molecular weight excluding hydrogens is 256 g/mol. The van der Waals surface area contributed by atoms with Crippen LogP contribution in [0.5, 0.6) is 0 Å². The van der Waals surface area contributed by atoms with Crippen molar-refractivity contribution in [3.05, 3.63) is 0 Å². The lowest BCUT2D eigenvalue weighted by Crippen LogP contribution is -2.52. The molecule has 0 saturated carbocycles. The predicted octanol–water partition coefficient (Wildman–Crippen LogP) is 0.871. The molecule has 0 aromatic rings. The quantitative estimate of drug-likeness (QED) is 0.774. The van der Waals surface area contributed by atoms with Gasteiger partial charge in [0.2, 0.25) is 5.91 Å². The molecule has 1 heterocycles. The van der Waals surface area contributed by atoms with Gasteiger partial charge in [0.25, 0.3) is 5.91 Å². The molecule has 4 nitrogen and oxygen atoms in total. The van der Waals surface area contributed by atoms with Crippen molar-refractivity contribution in [3.8, 4) is 0 Å². The first-order chi connectivity index (χ1) is 8.30. The van der Waals surface area contributed by atoms with Crippen LogP contribution in [0.2, 0.25) is 0 Å². The first-order valence-corrected chi connectivity index (χ1v) is 5.47. The summed E-state index contributed by atoms with van der Waals surface area (Å²) in [4.78, 5) is 23.3. The van der Waals surface area contributed by atoms with E-state index in [1.165, 1.54) is 7.05 Å². The van der Waals surface area contributed by atoms with Gasteiger partial charge in [0.05, 0.1) is 5.92 Å². The number of hydrogen-bond donors (Lipinski definition) is 1. The Balaban J connectivity index is 2.72. The summed E-state index contributed by atoms with van der Waals surface area (Å²) in [5, 5.41) is 2.34. The Morgan fingerprint density at radius 3 is 2.50 bits per heavy atom. The van der Waals surface area contributed by atoms with Crippen molar-refractivity contribution in [2.45, 2.75) is 25.2 Å². The van der Waals surface area contributed by atoms with Crippen LogP contribution in [-0.4, -0.2) is 49.2 Å². The molecule has 0 aromatic heterocycles. The number of hydrogen-bond acceptors (Lipinski definition) is 2. The number of rotatable bonds is 3. The van der Waals surface area contributed by atoms with Crippen LogP contribution >= 0.6 is 0 Å². The predicted molar refractivity (Wildman–Crippen MR) is 54.3 cm³/mol. The third kappa shape index (κ3) is 2.91. The molecule has 8 heteroatoms. The molecule has 1 N–H and O–H groups in total. The van der Waals surface area contributed by atoms with Gasteiger partial charge in [-0.05, 0) is 12.8 Å². The van der Waals surface area contributed by atoms with E-state index in [1.807, 2.05) is 0 Å². The standard InChI is InChI=1S/C10H14F4N2O2/c1-15-7(17)6-3-2-4-16(5-6)9(18)10(13,14)8(11)12/h6,8H,2-5H2,1H3,(H,15,17). The SMILES string of the molecule is CNC(=O)C1CCCN(C(=O)C(F)(F)C(F)F)C1. The van der Waals surface area contributed by atoms with Gasteiger partial charge in [0.1, 0.15) is 0 Å². The van der Waals surface area contributed by atoms with Gasteiger partial charge in [0.15, 0.2) is 0 Å². The molecule has 104 valence electrons. The first kappa shape index (κ1) is 14.7. The van der Waals surface area contributed by atoms with E-state index in [-0.39, 0.29) is 19.0 Å². The van der Waals surface area contributed by atoms with E-state index in [1.54, 1.807) is 0 Å². The zero-order chi connectivity index (χ0) is 13.9. The first-order valence-electron chi connectivity index (χ1n) is 5.47. The lowest BCUT2D eigenvalue weighted by Gasteiger charge is -2.33. The number of carbonyl (C=O) groups is 2. The number of amides is 2. The minimum atomic E-state index is -4.69. The van der Waals surface area contributed by atoms with E-state index < -0.39 is 24.2 Å².